The summed E-state index contributed by atoms with van der Waals surface area (Å²) in [5.74, 6) is 1.70. The Morgan fingerprint density at radius 1 is 1.22 bits per heavy atom. The molecule has 100 valence electrons. The van der Waals surface area contributed by atoms with Crippen LogP contribution in [0.5, 0.6) is 11.5 Å². The van der Waals surface area contributed by atoms with E-state index in [-0.39, 0.29) is 5.41 Å². The van der Waals surface area contributed by atoms with E-state index in [1.54, 1.807) is 0 Å². The predicted octanol–water partition coefficient (Wildman–Crippen LogP) is 2.91. The van der Waals surface area contributed by atoms with Gasteiger partial charge < -0.3 is 14.8 Å². The molecule has 0 aromatic heterocycles. The lowest BCUT2D eigenvalue weighted by atomic mass is 9.84. The fraction of sp³-hybridized carbons (Fsp3) is 0.571. The van der Waals surface area contributed by atoms with Gasteiger partial charge in [-0.15, -0.1) is 11.6 Å². The summed E-state index contributed by atoms with van der Waals surface area (Å²) in [5.41, 5.74) is 1.24. The third-order valence-electron chi connectivity index (χ3n) is 3.19. The SMILES string of the molecule is CC(C)(CNCCl)c1ccc2c(c1)OCCCO2. The molecule has 1 aliphatic rings. The van der Waals surface area contributed by atoms with Crippen molar-refractivity contribution in [1.29, 1.82) is 0 Å². The molecule has 0 spiro atoms. The van der Waals surface area contributed by atoms with Crippen LogP contribution in [0.15, 0.2) is 18.2 Å². The molecule has 3 nitrogen and oxygen atoms in total. The predicted molar refractivity (Wildman–Crippen MR) is 73.8 cm³/mol. The average Bonchev–Trinajstić information content (AvgIpc) is 2.60. The van der Waals surface area contributed by atoms with Gasteiger partial charge in [0.2, 0.25) is 0 Å². The summed E-state index contributed by atoms with van der Waals surface area (Å²) < 4.78 is 11.4. The van der Waals surface area contributed by atoms with Crippen LogP contribution in [0.4, 0.5) is 0 Å². The molecule has 1 aliphatic heterocycles. The van der Waals surface area contributed by atoms with Gasteiger partial charge in [-0.3, -0.25) is 0 Å². The van der Waals surface area contributed by atoms with E-state index in [1.165, 1.54) is 5.56 Å². The van der Waals surface area contributed by atoms with Gasteiger partial charge in [-0.2, -0.15) is 0 Å². The van der Waals surface area contributed by atoms with Crippen LogP contribution in [0.25, 0.3) is 0 Å². The number of fused-ring (bicyclic) bond motifs is 1. The number of halogens is 1. The van der Waals surface area contributed by atoms with Gasteiger partial charge in [0, 0.05) is 18.4 Å². The van der Waals surface area contributed by atoms with Gasteiger partial charge in [0.1, 0.15) is 0 Å². The molecule has 0 aliphatic carbocycles. The fourth-order valence-corrected chi connectivity index (χ4v) is 2.14. The number of hydrogen-bond donors (Lipinski definition) is 1. The Labute approximate surface area is 113 Å². The number of nitrogens with one attached hydrogen (secondary N) is 1. The molecule has 0 radical (unpaired) electrons. The van der Waals surface area contributed by atoms with Crippen LogP contribution in [-0.2, 0) is 5.41 Å². The number of ether oxygens (including phenoxy) is 2. The lowest BCUT2D eigenvalue weighted by molar-refractivity contribution is 0.296. The molecular formula is C14H20ClNO2. The maximum Gasteiger partial charge on any atom is 0.161 e. The van der Waals surface area contributed by atoms with Gasteiger partial charge in [-0.05, 0) is 17.7 Å². The summed E-state index contributed by atoms with van der Waals surface area (Å²) in [6, 6.07) is 6.65. The van der Waals surface area contributed by atoms with Gasteiger partial charge in [0.25, 0.3) is 0 Å². The summed E-state index contributed by atoms with van der Waals surface area (Å²) in [4.78, 5) is 0. The summed E-state index contributed by atoms with van der Waals surface area (Å²) in [5, 5.41) is 3.17. The quantitative estimate of drug-likeness (QED) is 0.673. The van der Waals surface area contributed by atoms with Crippen molar-refractivity contribution in [2.75, 3.05) is 25.8 Å². The van der Waals surface area contributed by atoms with Crippen LogP contribution in [0, 0.1) is 0 Å². The first-order valence-corrected chi connectivity index (χ1v) is 6.84. The Balaban J connectivity index is 2.21. The van der Waals surface area contributed by atoms with Gasteiger partial charge >= 0.3 is 0 Å². The second kappa shape index (κ2) is 5.81. The molecule has 0 atom stereocenters. The van der Waals surface area contributed by atoms with Crippen molar-refractivity contribution in [2.45, 2.75) is 25.7 Å². The summed E-state index contributed by atoms with van der Waals surface area (Å²) >= 11 is 5.68. The maximum atomic E-state index is 5.72. The highest BCUT2D eigenvalue weighted by molar-refractivity contribution is 6.17. The molecule has 18 heavy (non-hydrogen) atoms. The van der Waals surface area contributed by atoms with Crippen LogP contribution in [0.1, 0.15) is 25.8 Å². The van der Waals surface area contributed by atoms with Gasteiger partial charge in [-0.25, -0.2) is 0 Å². The van der Waals surface area contributed by atoms with Crippen LogP contribution in [-0.4, -0.2) is 25.8 Å². The van der Waals surface area contributed by atoms with E-state index in [4.69, 9.17) is 21.1 Å². The Hall–Kier alpha value is -0.930. The molecule has 0 saturated carbocycles. The molecule has 0 fully saturated rings. The lowest BCUT2D eigenvalue weighted by Crippen LogP contribution is -2.32. The topological polar surface area (TPSA) is 30.5 Å². The van der Waals surface area contributed by atoms with Gasteiger partial charge in [0.15, 0.2) is 11.5 Å². The molecule has 1 heterocycles. The highest BCUT2D eigenvalue weighted by atomic mass is 35.5. The van der Waals surface area contributed by atoms with Crippen molar-refractivity contribution >= 4 is 11.6 Å². The third-order valence-corrected chi connectivity index (χ3v) is 3.38. The van der Waals surface area contributed by atoms with E-state index in [0.29, 0.717) is 6.00 Å². The van der Waals surface area contributed by atoms with E-state index < -0.39 is 0 Å². The Morgan fingerprint density at radius 3 is 2.67 bits per heavy atom. The smallest absolute Gasteiger partial charge is 0.161 e. The van der Waals surface area contributed by atoms with Crippen LogP contribution in [0.3, 0.4) is 0 Å². The van der Waals surface area contributed by atoms with Crippen molar-refractivity contribution in [2.24, 2.45) is 0 Å². The van der Waals surface area contributed by atoms with Gasteiger partial charge in [0.05, 0.1) is 19.2 Å². The minimum Gasteiger partial charge on any atom is -0.490 e. The minimum atomic E-state index is 0.0135. The zero-order chi connectivity index (χ0) is 13.0. The Kier molecular flexibility index (Phi) is 4.36. The highest BCUT2D eigenvalue weighted by Gasteiger charge is 2.22. The van der Waals surface area contributed by atoms with Crippen molar-refractivity contribution in [1.82, 2.24) is 5.32 Å². The van der Waals surface area contributed by atoms with Crippen LogP contribution < -0.4 is 14.8 Å². The van der Waals surface area contributed by atoms with E-state index in [2.05, 4.69) is 31.3 Å². The number of rotatable bonds is 4. The molecular weight excluding hydrogens is 250 g/mol. The van der Waals surface area contributed by atoms with E-state index in [0.717, 1.165) is 37.7 Å². The van der Waals surface area contributed by atoms with Crippen molar-refractivity contribution in [3.63, 3.8) is 0 Å². The largest absolute Gasteiger partial charge is 0.490 e. The number of alkyl halides is 1. The van der Waals surface area contributed by atoms with Crippen LogP contribution in [0.2, 0.25) is 0 Å². The zero-order valence-corrected chi connectivity index (χ0v) is 11.7. The molecule has 0 saturated heterocycles. The Bertz CT molecular complexity index is 407. The van der Waals surface area contributed by atoms with E-state index >= 15 is 0 Å². The average molecular weight is 270 g/mol. The third kappa shape index (κ3) is 3.09. The maximum absolute atomic E-state index is 5.72. The number of hydrogen-bond acceptors (Lipinski definition) is 3. The monoisotopic (exact) mass is 269 g/mol. The standard InChI is InChI=1S/C14H20ClNO2/c1-14(2,9-16-10-15)11-4-5-12-13(8-11)18-7-3-6-17-12/h4-5,8,16H,3,6-7,9-10H2,1-2H3. The molecule has 0 bridgehead atoms. The minimum absolute atomic E-state index is 0.0135. The summed E-state index contributed by atoms with van der Waals surface area (Å²) in [7, 11) is 0. The van der Waals surface area contributed by atoms with Crippen molar-refractivity contribution in [3.8, 4) is 11.5 Å². The molecule has 4 heteroatoms. The molecule has 1 aromatic carbocycles. The molecule has 1 aromatic rings. The first kappa shape index (κ1) is 13.5. The Morgan fingerprint density at radius 2 is 1.94 bits per heavy atom. The van der Waals surface area contributed by atoms with Crippen LogP contribution >= 0.6 is 11.6 Å². The molecule has 1 N–H and O–H groups in total. The lowest BCUT2D eigenvalue weighted by Gasteiger charge is -2.26. The normalized spacial score (nSPS) is 15.3. The number of benzene rings is 1. The molecule has 0 unspecified atom stereocenters. The van der Waals surface area contributed by atoms with E-state index in [9.17, 15) is 0 Å². The van der Waals surface area contributed by atoms with Gasteiger partial charge in [-0.1, -0.05) is 19.9 Å². The van der Waals surface area contributed by atoms with E-state index in [1.807, 2.05) is 6.07 Å². The fourth-order valence-electron chi connectivity index (χ4n) is 2.05. The zero-order valence-electron chi connectivity index (χ0n) is 11.0. The first-order chi connectivity index (χ1) is 8.63. The molecule has 2 rings (SSSR count). The van der Waals surface area contributed by atoms with Crippen molar-refractivity contribution < 1.29 is 9.47 Å². The second-order valence-electron chi connectivity index (χ2n) is 5.16. The highest BCUT2D eigenvalue weighted by Crippen LogP contribution is 2.34. The molecule has 0 amide bonds. The second-order valence-corrected chi connectivity index (χ2v) is 5.42. The summed E-state index contributed by atoms with van der Waals surface area (Å²) in [6.45, 7) is 6.65. The van der Waals surface area contributed by atoms with Crippen molar-refractivity contribution in [3.05, 3.63) is 23.8 Å². The summed E-state index contributed by atoms with van der Waals surface area (Å²) in [6.07, 6.45) is 0.932. The first-order valence-electron chi connectivity index (χ1n) is 6.30.